The van der Waals surface area contributed by atoms with Crippen molar-refractivity contribution in [2.45, 2.75) is 6.42 Å². The van der Waals surface area contributed by atoms with Crippen LogP contribution in [-0.2, 0) is 6.42 Å². The second-order valence-electron chi connectivity index (χ2n) is 5.25. The van der Waals surface area contributed by atoms with Crippen LogP contribution in [-0.4, -0.2) is 24.5 Å². The molecule has 23 heavy (non-hydrogen) atoms. The quantitative estimate of drug-likeness (QED) is 0.748. The second-order valence-corrected chi connectivity index (χ2v) is 5.69. The van der Waals surface area contributed by atoms with Gasteiger partial charge in [0.25, 0.3) is 5.91 Å². The minimum absolute atomic E-state index is 0.110. The number of carbonyl (C=O) groups excluding carboxylic acids is 1. The predicted octanol–water partition coefficient (Wildman–Crippen LogP) is 3.80. The highest BCUT2D eigenvalue weighted by Gasteiger charge is 2.11. The van der Waals surface area contributed by atoms with E-state index in [0.717, 1.165) is 28.6 Å². The lowest BCUT2D eigenvalue weighted by Crippen LogP contribution is -2.25. The van der Waals surface area contributed by atoms with Crippen LogP contribution in [0, 0.1) is 0 Å². The number of H-pyrrole nitrogens is 1. The smallest absolute Gasteiger partial charge is 0.253 e. The normalized spacial score (nSPS) is 10.7. The van der Waals surface area contributed by atoms with E-state index in [1.807, 2.05) is 30.3 Å². The fourth-order valence-electron chi connectivity index (χ4n) is 2.52. The van der Waals surface area contributed by atoms with Crippen molar-refractivity contribution in [1.82, 2.24) is 10.3 Å². The summed E-state index contributed by atoms with van der Waals surface area (Å²) >= 11 is 6.01. The third kappa shape index (κ3) is 3.48. The van der Waals surface area contributed by atoms with Crippen LogP contribution in [0.5, 0.6) is 5.75 Å². The number of rotatable bonds is 5. The minimum atomic E-state index is -0.110. The first kappa shape index (κ1) is 15.4. The number of ether oxygens (including phenoxy) is 1. The number of nitrogens with one attached hydrogen (secondary N) is 2. The van der Waals surface area contributed by atoms with E-state index in [4.69, 9.17) is 16.3 Å². The van der Waals surface area contributed by atoms with E-state index in [1.54, 1.807) is 25.4 Å². The van der Waals surface area contributed by atoms with E-state index in [1.165, 1.54) is 0 Å². The lowest BCUT2D eigenvalue weighted by molar-refractivity contribution is 0.0956. The lowest BCUT2D eigenvalue weighted by Gasteiger charge is -2.06. The second kappa shape index (κ2) is 6.75. The van der Waals surface area contributed by atoms with Crippen LogP contribution in [0.3, 0.4) is 0 Å². The third-order valence-corrected chi connectivity index (χ3v) is 3.96. The topological polar surface area (TPSA) is 54.1 Å². The number of methoxy groups -OCH3 is 1. The van der Waals surface area contributed by atoms with E-state index >= 15 is 0 Å². The Labute approximate surface area is 139 Å². The Hall–Kier alpha value is -2.46. The van der Waals surface area contributed by atoms with Crippen molar-refractivity contribution >= 4 is 28.4 Å². The largest absolute Gasteiger partial charge is 0.497 e. The number of aromatic amines is 1. The molecule has 2 N–H and O–H groups in total. The number of hydrogen-bond acceptors (Lipinski definition) is 2. The van der Waals surface area contributed by atoms with Crippen molar-refractivity contribution in [2.75, 3.05) is 13.7 Å². The Kier molecular flexibility index (Phi) is 4.53. The van der Waals surface area contributed by atoms with Crippen LogP contribution in [0.25, 0.3) is 10.9 Å². The summed E-state index contributed by atoms with van der Waals surface area (Å²) in [6.07, 6.45) is 2.45. The van der Waals surface area contributed by atoms with Gasteiger partial charge in [-0.3, -0.25) is 4.79 Å². The molecule has 0 atom stereocenters. The van der Waals surface area contributed by atoms with E-state index in [2.05, 4.69) is 10.3 Å². The van der Waals surface area contributed by atoms with Gasteiger partial charge in [-0.05, 0) is 42.3 Å². The molecule has 2 aromatic carbocycles. The molecule has 1 aromatic heterocycles. The molecule has 0 aliphatic heterocycles. The molecule has 0 radical (unpaired) electrons. The van der Waals surface area contributed by atoms with Gasteiger partial charge in [0, 0.05) is 28.7 Å². The average Bonchev–Trinajstić information content (AvgIpc) is 2.98. The molecule has 0 bridgehead atoms. The van der Waals surface area contributed by atoms with Crippen LogP contribution >= 0.6 is 11.6 Å². The molecule has 4 nitrogen and oxygen atoms in total. The monoisotopic (exact) mass is 328 g/mol. The standard InChI is InChI=1S/C18H17ClN2O2/c1-23-14-4-2-3-12(9-14)7-8-20-18(22)16-11-21-17-6-5-13(19)10-15(16)17/h2-6,9-11,21H,7-8H2,1H3,(H,20,22). The van der Waals surface area contributed by atoms with E-state index < -0.39 is 0 Å². The van der Waals surface area contributed by atoms with E-state index in [-0.39, 0.29) is 5.91 Å². The third-order valence-electron chi connectivity index (χ3n) is 3.72. The van der Waals surface area contributed by atoms with Gasteiger partial charge in [-0.25, -0.2) is 0 Å². The number of fused-ring (bicyclic) bond motifs is 1. The molecular formula is C18H17ClN2O2. The van der Waals surface area contributed by atoms with Gasteiger partial charge in [0.15, 0.2) is 0 Å². The molecule has 0 spiro atoms. The molecule has 0 saturated heterocycles. The summed E-state index contributed by atoms with van der Waals surface area (Å²) in [5.41, 5.74) is 2.62. The van der Waals surface area contributed by atoms with Crippen LogP contribution in [0.15, 0.2) is 48.7 Å². The summed E-state index contributed by atoms with van der Waals surface area (Å²) in [7, 11) is 1.64. The molecule has 1 amide bonds. The van der Waals surface area contributed by atoms with Crippen molar-refractivity contribution in [3.05, 3.63) is 64.8 Å². The Morgan fingerprint density at radius 1 is 1.26 bits per heavy atom. The van der Waals surface area contributed by atoms with Gasteiger partial charge in [-0.2, -0.15) is 0 Å². The number of hydrogen-bond donors (Lipinski definition) is 2. The summed E-state index contributed by atoms with van der Waals surface area (Å²) in [4.78, 5) is 15.4. The minimum Gasteiger partial charge on any atom is -0.497 e. The molecular weight excluding hydrogens is 312 g/mol. The number of aromatic nitrogens is 1. The summed E-state index contributed by atoms with van der Waals surface area (Å²) in [6, 6.07) is 13.3. The molecule has 0 unspecified atom stereocenters. The van der Waals surface area contributed by atoms with Gasteiger partial charge in [-0.15, -0.1) is 0 Å². The Morgan fingerprint density at radius 2 is 2.13 bits per heavy atom. The van der Waals surface area contributed by atoms with Gasteiger partial charge in [0.05, 0.1) is 12.7 Å². The highest BCUT2D eigenvalue weighted by molar-refractivity contribution is 6.31. The van der Waals surface area contributed by atoms with E-state index in [0.29, 0.717) is 17.1 Å². The zero-order chi connectivity index (χ0) is 16.2. The van der Waals surface area contributed by atoms with Crippen molar-refractivity contribution < 1.29 is 9.53 Å². The van der Waals surface area contributed by atoms with Gasteiger partial charge < -0.3 is 15.0 Å². The average molecular weight is 329 g/mol. The molecule has 118 valence electrons. The van der Waals surface area contributed by atoms with Crippen molar-refractivity contribution in [3.8, 4) is 5.75 Å². The maximum absolute atomic E-state index is 12.3. The number of benzene rings is 2. The predicted molar refractivity (Wildman–Crippen MR) is 92.3 cm³/mol. The summed E-state index contributed by atoms with van der Waals surface area (Å²) < 4.78 is 5.20. The van der Waals surface area contributed by atoms with E-state index in [9.17, 15) is 4.79 Å². The van der Waals surface area contributed by atoms with Crippen molar-refractivity contribution in [3.63, 3.8) is 0 Å². The van der Waals surface area contributed by atoms with Gasteiger partial charge in [0.1, 0.15) is 5.75 Å². The zero-order valence-corrected chi connectivity index (χ0v) is 13.5. The zero-order valence-electron chi connectivity index (χ0n) is 12.7. The summed E-state index contributed by atoms with van der Waals surface area (Å²) in [5, 5.41) is 4.38. The van der Waals surface area contributed by atoms with Crippen molar-refractivity contribution in [2.24, 2.45) is 0 Å². The number of carbonyl (C=O) groups is 1. The maximum atomic E-state index is 12.3. The number of halogens is 1. The Bertz CT molecular complexity index is 842. The van der Waals surface area contributed by atoms with Crippen LogP contribution in [0.4, 0.5) is 0 Å². The highest BCUT2D eigenvalue weighted by Crippen LogP contribution is 2.22. The Balaban J connectivity index is 1.65. The van der Waals surface area contributed by atoms with Crippen LogP contribution in [0.1, 0.15) is 15.9 Å². The summed E-state index contributed by atoms with van der Waals surface area (Å²) in [5.74, 6) is 0.710. The fraction of sp³-hybridized carbons (Fsp3) is 0.167. The molecule has 0 fully saturated rings. The highest BCUT2D eigenvalue weighted by atomic mass is 35.5. The SMILES string of the molecule is COc1cccc(CCNC(=O)c2c[nH]c3ccc(Cl)cc23)c1. The molecule has 0 saturated carbocycles. The van der Waals surface area contributed by atoms with Crippen LogP contribution < -0.4 is 10.1 Å². The van der Waals surface area contributed by atoms with Gasteiger partial charge in [-0.1, -0.05) is 23.7 Å². The summed E-state index contributed by atoms with van der Waals surface area (Å²) in [6.45, 7) is 0.555. The molecule has 3 aromatic rings. The first-order valence-electron chi connectivity index (χ1n) is 7.35. The Morgan fingerprint density at radius 3 is 2.96 bits per heavy atom. The van der Waals surface area contributed by atoms with Crippen molar-refractivity contribution in [1.29, 1.82) is 0 Å². The van der Waals surface area contributed by atoms with Gasteiger partial charge in [0.2, 0.25) is 0 Å². The lowest BCUT2D eigenvalue weighted by atomic mass is 10.1. The first-order valence-corrected chi connectivity index (χ1v) is 7.73. The van der Waals surface area contributed by atoms with Gasteiger partial charge >= 0.3 is 0 Å². The first-order chi connectivity index (χ1) is 11.2. The maximum Gasteiger partial charge on any atom is 0.253 e. The molecule has 3 rings (SSSR count). The molecule has 5 heteroatoms. The number of amides is 1. The molecule has 1 heterocycles. The molecule has 0 aliphatic carbocycles. The van der Waals surface area contributed by atoms with Crippen LogP contribution in [0.2, 0.25) is 5.02 Å². The molecule has 0 aliphatic rings. The fourth-order valence-corrected chi connectivity index (χ4v) is 2.70.